The first-order chi connectivity index (χ1) is 14.2. The molecule has 1 aliphatic rings. The maximum Gasteiger partial charge on any atom is 0.201 e. The molecule has 1 saturated heterocycles. The minimum atomic E-state index is -1.36. The zero-order chi connectivity index (χ0) is 22.0. The lowest BCUT2D eigenvalue weighted by Crippen LogP contribution is -2.43. The number of aliphatic carboxylic acids is 1. The van der Waals surface area contributed by atoms with Crippen molar-refractivity contribution in [2.75, 3.05) is 23.5 Å². The molecule has 0 saturated carbocycles. The minimum Gasteiger partial charge on any atom is -0.548 e. The van der Waals surface area contributed by atoms with Gasteiger partial charge in [0.2, 0.25) is 5.95 Å². The number of carbonyl (C=O) groups is 1. The number of fused-ring (bicyclic) bond motifs is 1. The fourth-order valence-corrected chi connectivity index (χ4v) is 4.81. The van der Waals surface area contributed by atoms with E-state index in [-0.39, 0.29) is 40.2 Å². The van der Waals surface area contributed by atoms with Crippen LogP contribution in [-0.2, 0) is 20.4 Å². The van der Waals surface area contributed by atoms with E-state index < -0.39 is 36.6 Å². The van der Waals surface area contributed by atoms with Gasteiger partial charge in [-0.05, 0) is 21.5 Å². The molecule has 0 radical (unpaired) electrons. The fourth-order valence-electron chi connectivity index (χ4n) is 3.15. The minimum absolute atomic E-state index is 0.0529. The van der Waals surface area contributed by atoms with Crippen LogP contribution >= 0.6 is 0 Å². The topological polar surface area (TPSA) is 234 Å². The molecular weight excluding hydrogens is 418 g/mol. The first kappa shape index (κ1) is 22.0. The smallest absolute Gasteiger partial charge is 0.201 e. The fraction of sp³-hybridized carbons (Fsp3) is 0.600. The Morgan fingerprint density at radius 3 is 2.90 bits per heavy atom. The molecule has 6 atom stereocenters. The second kappa shape index (κ2) is 8.99. The first-order valence-electron chi connectivity index (χ1n) is 8.85. The van der Waals surface area contributed by atoms with Gasteiger partial charge in [0, 0.05) is 17.4 Å². The van der Waals surface area contributed by atoms with E-state index in [1.165, 1.54) is 10.9 Å². The molecule has 0 spiro atoms. The maximum atomic E-state index is 10.7. The average Bonchev–Trinajstić information content (AvgIpc) is 3.19. The van der Waals surface area contributed by atoms with E-state index in [4.69, 9.17) is 21.7 Å². The van der Waals surface area contributed by atoms with E-state index in [2.05, 4.69) is 25.0 Å². The van der Waals surface area contributed by atoms with Crippen molar-refractivity contribution in [3.05, 3.63) is 16.8 Å². The van der Waals surface area contributed by atoms with Crippen LogP contribution in [0, 0.1) is 0 Å². The number of imidazole rings is 1. The number of anilines is 1. The van der Waals surface area contributed by atoms with Gasteiger partial charge in [0.15, 0.2) is 23.2 Å². The summed E-state index contributed by atoms with van der Waals surface area (Å²) in [6.07, 6.45) is -1.20. The number of nitrogens with zero attached hydrogens (tertiary/aromatic N) is 7. The number of carboxylic acids is 1. The highest BCUT2D eigenvalue weighted by Gasteiger charge is 2.47. The highest BCUT2D eigenvalue weighted by Crippen LogP contribution is 2.36. The van der Waals surface area contributed by atoms with Crippen LogP contribution in [0.15, 0.2) is 11.4 Å². The second-order valence-corrected chi connectivity index (χ2v) is 9.12. The molecule has 162 valence electrons. The molecule has 0 aromatic carbocycles. The molecule has 15 heteroatoms. The number of aromatic nitrogens is 4. The van der Waals surface area contributed by atoms with Crippen LogP contribution in [0.3, 0.4) is 0 Å². The number of aliphatic hydroxyl groups excluding tert-OH is 2. The molecule has 14 nitrogen and oxygen atoms in total. The number of ether oxygens (including phenoxy) is 1. The summed E-state index contributed by atoms with van der Waals surface area (Å²) < 4.78 is 7.14. The van der Waals surface area contributed by atoms with E-state index in [1.54, 1.807) is 0 Å². The number of carboxylic acid groups (broad SMARTS) is 1. The third-order valence-corrected chi connectivity index (χ3v) is 6.57. The van der Waals surface area contributed by atoms with E-state index in [0.29, 0.717) is 11.5 Å². The zero-order valence-corrected chi connectivity index (χ0v) is 16.7. The van der Waals surface area contributed by atoms with Gasteiger partial charge in [-0.1, -0.05) is 0 Å². The summed E-state index contributed by atoms with van der Waals surface area (Å²) >= 11 is 0. The molecule has 1 fully saturated rings. The van der Waals surface area contributed by atoms with Gasteiger partial charge < -0.3 is 36.3 Å². The summed E-state index contributed by atoms with van der Waals surface area (Å²) in [7, 11) is -0.354. The zero-order valence-electron chi connectivity index (χ0n) is 15.9. The number of aliphatic hydroxyl groups is 2. The van der Waals surface area contributed by atoms with E-state index in [0.717, 1.165) is 0 Å². The number of rotatable bonds is 8. The summed E-state index contributed by atoms with van der Waals surface area (Å²) in [4.78, 5) is 25.5. The molecule has 2 unspecified atom stereocenters. The third-order valence-electron chi connectivity index (χ3n) is 4.74. The number of azide groups is 1. The molecule has 3 heterocycles. The Kier molecular flexibility index (Phi) is 6.60. The van der Waals surface area contributed by atoms with Crippen molar-refractivity contribution in [3.8, 4) is 0 Å². The Hall–Kier alpha value is -2.68. The summed E-state index contributed by atoms with van der Waals surface area (Å²) in [6, 6.07) is -1.07. The van der Waals surface area contributed by atoms with Crippen molar-refractivity contribution in [2.45, 2.75) is 37.0 Å². The van der Waals surface area contributed by atoms with Gasteiger partial charge in [-0.15, -0.1) is 0 Å². The van der Waals surface area contributed by atoms with Crippen molar-refractivity contribution in [2.24, 2.45) is 10.8 Å². The normalized spacial score (nSPS) is 25.7. The molecule has 30 heavy (non-hydrogen) atoms. The van der Waals surface area contributed by atoms with Crippen LogP contribution in [-0.4, -0.2) is 77.8 Å². The highest BCUT2D eigenvalue weighted by molar-refractivity contribution is 7.96. The quantitative estimate of drug-likeness (QED) is 0.148. The lowest BCUT2D eigenvalue weighted by molar-refractivity contribution is -0.307. The van der Waals surface area contributed by atoms with E-state index in [9.17, 15) is 20.1 Å². The standard InChI is InChI=1S/C15H21N9O5S/c1-30(3-2-6(16)14(27)28)4-7-9(25)10(26)13(29-7)24-12-8(11(17)19-5-20-12)21-15(24)22-23-18/h5-7,9-10,13,25-26H,2-4,16H2,1H3,(H2-,17,19,20,27,28)/t6?,7-,9-,10-,13-,30?/m1/s1. The van der Waals surface area contributed by atoms with Crippen molar-refractivity contribution >= 4 is 39.8 Å². The predicted octanol–water partition coefficient (Wildman–Crippen LogP) is -2.32. The Balaban J connectivity index is 1.82. The van der Waals surface area contributed by atoms with Gasteiger partial charge in [-0.2, -0.15) is 0 Å². The lowest BCUT2D eigenvalue weighted by atomic mass is 10.1. The molecule has 3 rings (SSSR count). The Labute approximate surface area is 172 Å². The van der Waals surface area contributed by atoms with Gasteiger partial charge in [0.1, 0.15) is 36.1 Å². The number of nitrogen functional groups attached to an aromatic ring is 1. The molecule has 1 aliphatic heterocycles. The SMILES string of the molecule is C[S+](CCC(N)C(=O)[O-])C[C@H]1O[C@@H](n2c(N=[N+]=[N-])nc3c(N)ncnc32)[C@H](O)[C@@H]1O. The van der Waals surface area contributed by atoms with Gasteiger partial charge in [-0.3, -0.25) is 4.57 Å². The lowest BCUT2D eigenvalue weighted by Gasteiger charge is -2.18. The van der Waals surface area contributed by atoms with Crippen molar-refractivity contribution < 1.29 is 24.9 Å². The maximum absolute atomic E-state index is 10.7. The summed E-state index contributed by atoms with van der Waals surface area (Å²) in [5.74, 6) is -0.568. The van der Waals surface area contributed by atoms with Gasteiger partial charge in [0.05, 0.1) is 12.2 Å². The third kappa shape index (κ3) is 4.26. The molecule has 2 aromatic heterocycles. The highest BCUT2D eigenvalue weighted by atomic mass is 32.2. The Morgan fingerprint density at radius 1 is 1.50 bits per heavy atom. The summed E-state index contributed by atoms with van der Waals surface area (Å²) in [5.41, 5.74) is 20.5. The number of hydrogen-bond acceptors (Lipinski definition) is 11. The Bertz CT molecular complexity index is 981. The van der Waals surface area contributed by atoms with Crippen molar-refractivity contribution in [1.29, 1.82) is 0 Å². The average molecular weight is 439 g/mol. The summed E-state index contributed by atoms with van der Waals surface area (Å²) in [6.45, 7) is 0. The second-order valence-electron chi connectivity index (χ2n) is 6.82. The number of carbonyl (C=O) groups excluding carboxylic acids is 1. The van der Waals surface area contributed by atoms with Gasteiger partial charge in [-0.25, -0.2) is 15.0 Å². The van der Waals surface area contributed by atoms with Gasteiger partial charge in [0.25, 0.3) is 0 Å². The molecular formula is C15H21N9O5S. The molecule has 0 bridgehead atoms. The monoisotopic (exact) mass is 439 g/mol. The molecule has 2 aromatic rings. The summed E-state index contributed by atoms with van der Waals surface area (Å²) in [5, 5.41) is 35.3. The van der Waals surface area contributed by atoms with Gasteiger partial charge >= 0.3 is 0 Å². The van der Waals surface area contributed by atoms with Crippen molar-refractivity contribution in [3.63, 3.8) is 0 Å². The molecule has 6 N–H and O–H groups in total. The predicted molar refractivity (Wildman–Crippen MR) is 105 cm³/mol. The number of hydrogen-bond donors (Lipinski definition) is 4. The van der Waals surface area contributed by atoms with Crippen LogP contribution in [0.5, 0.6) is 0 Å². The van der Waals surface area contributed by atoms with E-state index >= 15 is 0 Å². The molecule has 0 aliphatic carbocycles. The van der Waals surface area contributed by atoms with Crippen LogP contribution in [0.1, 0.15) is 12.6 Å². The van der Waals surface area contributed by atoms with Crippen molar-refractivity contribution in [1.82, 2.24) is 19.5 Å². The van der Waals surface area contributed by atoms with E-state index in [1.807, 2.05) is 6.26 Å². The largest absolute Gasteiger partial charge is 0.548 e. The van der Waals surface area contributed by atoms with Crippen LogP contribution in [0.4, 0.5) is 11.8 Å². The first-order valence-corrected chi connectivity index (χ1v) is 10.8. The Morgan fingerprint density at radius 2 is 2.23 bits per heavy atom. The van der Waals surface area contributed by atoms with Crippen LogP contribution < -0.4 is 16.6 Å². The number of nitrogens with two attached hydrogens (primary N) is 2. The van der Waals surface area contributed by atoms with Crippen LogP contribution in [0.25, 0.3) is 21.6 Å². The van der Waals surface area contributed by atoms with Crippen LogP contribution in [0.2, 0.25) is 0 Å². The molecule has 0 amide bonds.